The molecular formula is C18H21N5O2. The number of esters is 1. The number of aromatic nitrogens is 3. The highest BCUT2D eigenvalue weighted by Gasteiger charge is 2.20. The molecule has 0 fully saturated rings. The Hall–Kier alpha value is -3.09. The number of rotatable bonds is 5. The maximum atomic E-state index is 12.1. The Morgan fingerprint density at radius 1 is 1.28 bits per heavy atom. The molecule has 0 aliphatic carbocycles. The third-order valence-corrected chi connectivity index (χ3v) is 4.00. The Kier molecular flexibility index (Phi) is 4.56. The van der Waals surface area contributed by atoms with E-state index in [0.29, 0.717) is 18.1 Å². The van der Waals surface area contributed by atoms with Gasteiger partial charge in [0.25, 0.3) is 0 Å². The van der Waals surface area contributed by atoms with Gasteiger partial charge in [-0.25, -0.2) is 15.2 Å². The van der Waals surface area contributed by atoms with Gasteiger partial charge in [0.05, 0.1) is 34.6 Å². The van der Waals surface area contributed by atoms with Gasteiger partial charge in [0.1, 0.15) is 0 Å². The number of aryl methyl sites for hydroxylation is 1. The lowest BCUT2D eigenvalue weighted by Crippen LogP contribution is -2.07. The van der Waals surface area contributed by atoms with Crippen LogP contribution in [0.3, 0.4) is 0 Å². The van der Waals surface area contributed by atoms with Crippen LogP contribution in [0.1, 0.15) is 41.2 Å². The number of H-pyrrole nitrogens is 2. The Morgan fingerprint density at radius 2 is 2.04 bits per heavy atom. The number of para-hydroxylation sites is 2. The second kappa shape index (κ2) is 6.80. The van der Waals surface area contributed by atoms with Crippen molar-refractivity contribution in [2.45, 2.75) is 27.7 Å². The second-order valence-corrected chi connectivity index (χ2v) is 5.76. The Bertz CT molecular complexity index is 919. The molecule has 0 saturated carbocycles. The number of nitrogens with zero attached hydrogens (tertiary/aromatic N) is 2. The van der Waals surface area contributed by atoms with Gasteiger partial charge in [-0.2, -0.15) is 5.10 Å². The molecule has 7 heteroatoms. The Morgan fingerprint density at radius 3 is 2.76 bits per heavy atom. The van der Waals surface area contributed by atoms with Gasteiger partial charge in [0.15, 0.2) is 0 Å². The minimum atomic E-state index is -0.321. The smallest absolute Gasteiger partial charge is 0.340 e. The second-order valence-electron chi connectivity index (χ2n) is 5.76. The number of anilines is 1. The summed E-state index contributed by atoms with van der Waals surface area (Å²) in [6.07, 6.45) is 0. The Balaban J connectivity index is 1.85. The molecule has 0 aliphatic rings. The zero-order valence-corrected chi connectivity index (χ0v) is 14.7. The van der Waals surface area contributed by atoms with E-state index >= 15 is 0 Å². The molecule has 25 heavy (non-hydrogen) atoms. The molecule has 7 nitrogen and oxygen atoms in total. The fraction of sp³-hybridized carbons (Fsp3) is 0.278. The van der Waals surface area contributed by atoms with Crippen LogP contribution in [-0.4, -0.2) is 33.2 Å². The van der Waals surface area contributed by atoms with Crippen molar-refractivity contribution in [1.29, 1.82) is 0 Å². The van der Waals surface area contributed by atoms with E-state index in [1.807, 2.05) is 45.0 Å². The lowest BCUT2D eigenvalue weighted by atomic mass is 10.1. The van der Waals surface area contributed by atoms with Gasteiger partial charge in [-0.15, -0.1) is 0 Å². The molecule has 0 aliphatic heterocycles. The highest BCUT2D eigenvalue weighted by atomic mass is 16.5. The molecule has 0 atom stereocenters. The van der Waals surface area contributed by atoms with Gasteiger partial charge in [-0.05, 0) is 45.4 Å². The lowest BCUT2D eigenvalue weighted by Gasteiger charge is -2.03. The van der Waals surface area contributed by atoms with Gasteiger partial charge < -0.3 is 14.7 Å². The lowest BCUT2D eigenvalue weighted by molar-refractivity contribution is 0.0525. The first-order chi connectivity index (χ1) is 12.0. The standard InChI is InChI=1S/C18H21N5O2/c1-5-25-17(24)15-10(2)16(19-11(15)3)12(4)22-23-18-20-13-8-6-7-9-14(13)21-18/h6-9,19H,5H2,1-4H3,(H2,20,21,23). The molecule has 130 valence electrons. The van der Waals surface area contributed by atoms with E-state index in [1.54, 1.807) is 6.92 Å². The van der Waals surface area contributed by atoms with Crippen molar-refractivity contribution in [2.24, 2.45) is 5.10 Å². The van der Waals surface area contributed by atoms with Crippen LogP contribution < -0.4 is 5.43 Å². The predicted octanol–water partition coefficient (Wildman–Crippen LogP) is 3.52. The van der Waals surface area contributed by atoms with Crippen LogP contribution in [0.5, 0.6) is 0 Å². The summed E-state index contributed by atoms with van der Waals surface area (Å²) in [5.74, 6) is 0.241. The summed E-state index contributed by atoms with van der Waals surface area (Å²) in [7, 11) is 0. The van der Waals surface area contributed by atoms with Crippen molar-refractivity contribution in [2.75, 3.05) is 12.0 Å². The molecule has 0 radical (unpaired) electrons. The van der Waals surface area contributed by atoms with E-state index in [-0.39, 0.29) is 5.97 Å². The van der Waals surface area contributed by atoms with Gasteiger partial charge in [-0.1, -0.05) is 12.1 Å². The fourth-order valence-electron chi connectivity index (χ4n) is 2.82. The van der Waals surface area contributed by atoms with Crippen molar-refractivity contribution in [3.8, 4) is 0 Å². The van der Waals surface area contributed by atoms with Crippen molar-refractivity contribution < 1.29 is 9.53 Å². The summed E-state index contributed by atoms with van der Waals surface area (Å²) in [5.41, 5.74) is 8.41. The molecule has 0 unspecified atom stereocenters. The number of carbonyl (C=O) groups excluding carboxylic acids is 1. The molecule has 0 bridgehead atoms. The SMILES string of the molecule is CCOC(=O)c1c(C)[nH]c(C(C)=NNc2nc3ccccc3[nH]2)c1C. The van der Waals surface area contributed by atoms with E-state index in [2.05, 4.69) is 25.5 Å². The topological polar surface area (TPSA) is 95.2 Å². The van der Waals surface area contributed by atoms with Crippen LogP contribution in [0.2, 0.25) is 0 Å². The molecule has 3 aromatic rings. The molecular weight excluding hydrogens is 318 g/mol. The number of ether oxygens (including phenoxy) is 1. The molecule has 3 N–H and O–H groups in total. The number of hydrogen-bond donors (Lipinski definition) is 3. The highest BCUT2D eigenvalue weighted by Crippen LogP contribution is 2.20. The summed E-state index contributed by atoms with van der Waals surface area (Å²) in [6, 6.07) is 7.76. The zero-order chi connectivity index (χ0) is 18.0. The Labute approximate surface area is 145 Å². The van der Waals surface area contributed by atoms with Gasteiger partial charge in [-0.3, -0.25) is 0 Å². The van der Waals surface area contributed by atoms with E-state index in [9.17, 15) is 4.79 Å². The van der Waals surface area contributed by atoms with Crippen LogP contribution in [0, 0.1) is 13.8 Å². The van der Waals surface area contributed by atoms with E-state index in [1.165, 1.54) is 0 Å². The van der Waals surface area contributed by atoms with Crippen molar-refractivity contribution in [3.05, 3.63) is 46.8 Å². The van der Waals surface area contributed by atoms with Crippen LogP contribution in [0.25, 0.3) is 11.0 Å². The highest BCUT2D eigenvalue weighted by molar-refractivity contribution is 6.03. The van der Waals surface area contributed by atoms with Gasteiger partial charge >= 0.3 is 5.97 Å². The number of hydrazone groups is 1. The van der Waals surface area contributed by atoms with E-state index in [0.717, 1.165) is 33.7 Å². The monoisotopic (exact) mass is 339 g/mol. The molecule has 2 heterocycles. The first-order valence-corrected chi connectivity index (χ1v) is 8.13. The first kappa shape index (κ1) is 16.8. The number of benzene rings is 1. The molecule has 0 saturated heterocycles. The number of imidazole rings is 1. The average Bonchev–Trinajstić information content (AvgIpc) is 3.13. The van der Waals surface area contributed by atoms with Crippen LogP contribution in [-0.2, 0) is 4.74 Å². The predicted molar refractivity (Wildman–Crippen MR) is 98.2 cm³/mol. The molecule has 1 aromatic carbocycles. The summed E-state index contributed by atoms with van der Waals surface area (Å²) in [4.78, 5) is 22.9. The summed E-state index contributed by atoms with van der Waals surface area (Å²) in [6.45, 7) is 7.73. The largest absolute Gasteiger partial charge is 0.462 e. The third-order valence-electron chi connectivity index (χ3n) is 4.00. The van der Waals surface area contributed by atoms with Crippen LogP contribution in [0.15, 0.2) is 29.4 Å². The summed E-state index contributed by atoms with van der Waals surface area (Å²) >= 11 is 0. The average molecular weight is 339 g/mol. The van der Waals surface area contributed by atoms with Crippen LogP contribution >= 0.6 is 0 Å². The van der Waals surface area contributed by atoms with Gasteiger partial charge in [0.2, 0.25) is 5.95 Å². The maximum Gasteiger partial charge on any atom is 0.340 e. The maximum absolute atomic E-state index is 12.1. The summed E-state index contributed by atoms with van der Waals surface area (Å²) in [5, 5.41) is 4.37. The number of aromatic amines is 2. The normalized spacial score (nSPS) is 11.8. The number of nitrogens with one attached hydrogen (secondary N) is 3. The third kappa shape index (κ3) is 3.26. The zero-order valence-electron chi connectivity index (χ0n) is 14.7. The van der Waals surface area contributed by atoms with Crippen molar-refractivity contribution in [3.63, 3.8) is 0 Å². The number of hydrogen-bond acceptors (Lipinski definition) is 5. The minimum absolute atomic E-state index is 0.321. The van der Waals surface area contributed by atoms with Gasteiger partial charge in [0, 0.05) is 5.69 Å². The van der Waals surface area contributed by atoms with E-state index < -0.39 is 0 Å². The molecule has 0 spiro atoms. The van der Waals surface area contributed by atoms with Crippen LogP contribution in [0.4, 0.5) is 5.95 Å². The summed E-state index contributed by atoms with van der Waals surface area (Å²) < 4.78 is 5.12. The van der Waals surface area contributed by atoms with E-state index in [4.69, 9.17) is 4.74 Å². The quantitative estimate of drug-likeness (QED) is 0.376. The number of fused-ring (bicyclic) bond motifs is 1. The number of carbonyl (C=O) groups is 1. The minimum Gasteiger partial charge on any atom is -0.462 e. The first-order valence-electron chi connectivity index (χ1n) is 8.13. The van der Waals surface area contributed by atoms with Crippen molar-refractivity contribution in [1.82, 2.24) is 15.0 Å². The fourth-order valence-corrected chi connectivity index (χ4v) is 2.82. The molecule has 3 rings (SSSR count). The molecule has 0 amide bonds. The molecule has 2 aromatic heterocycles. The van der Waals surface area contributed by atoms with Crippen molar-refractivity contribution >= 4 is 28.7 Å².